The van der Waals surface area contributed by atoms with Gasteiger partial charge in [-0.2, -0.15) is 0 Å². The lowest BCUT2D eigenvalue weighted by Crippen LogP contribution is -2.60. The summed E-state index contributed by atoms with van der Waals surface area (Å²) in [4.78, 5) is 13.9. The van der Waals surface area contributed by atoms with Crippen molar-refractivity contribution < 1.29 is 14.6 Å². The van der Waals surface area contributed by atoms with Crippen molar-refractivity contribution in [3.63, 3.8) is 0 Å². The van der Waals surface area contributed by atoms with E-state index >= 15 is 0 Å². The highest BCUT2D eigenvalue weighted by Crippen LogP contribution is 2.23. The van der Waals surface area contributed by atoms with Crippen molar-refractivity contribution in [1.82, 2.24) is 10.3 Å². The number of hydrazine groups is 1. The van der Waals surface area contributed by atoms with Crippen LogP contribution in [-0.4, -0.2) is 53.4 Å². The summed E-state index contributed by atoms with van der Waals surface area (Å²) in [5.74, 6) is 5.06. The number of nitrogens with two attached hydrogens (primary N) is 1. The van der Waals surface area contributed by atoms with E-state index in [1.807, 2.05) is 20.8 Å². The molecule has 6 nitrogen and oxygen atoms in total. The number of morpholine rings is 1. The number of nitrogens with one attached hydrogen (secondary N) is 1. The summed E-state index contributed by atoms with van der Waals surface area (Å²) >= 11 is 0. The molecule has 0 radical (unpaired) electrons. The van der Waals surface area contributed by atoms with Gasteiger partial charge in [0.05, 0.1) is 24.4 Å². The molecule has 1 saturated heterocycles. The van der Waals surface area contributed by atoms with Crippen molar-refractivity contribution in [2.24, 2.45) is 5.84 Å². The molecule has 1 heterocycles. The summed E-state index contributed by atoms with van der Waals surface area (Å²) in [5.41, 5.74) is 1.85. The van der Waals surface area contributed by atoms with Gasteiger partial charge in [-0.1, -0.05) is 13.3 Å². The van der Waals surface area contributed by atoms with Crippen LogP contribution in [-0.2, 0) is 9.53 Å². The second-order valence-corrected chi connectivity index (χ2v) is 5.42. The van der Waals surface area contributed by atoms with E-state index in [2.05, 4.69) is 10.3 Å². The molecular weight excluding hydrogens is 234 g/mol. The summed E-state index contributed by atoms with van der Waals surface area (Å²) in [6, 6.07) is -0.253. The predicted molar refractivity (Wildman–Crippen MR) is 68.6 cm³/mol. The van der Waals surface area contributed by atoms with E-state index in [1.165, 1.54) is 0 Å². The SMILES string of the molecule is CCCC(C(=O)NN)N1CC(CO)OC(C)(C)C1. The van der Waals surface area contributed by atoms with Crippen LogP contribution in [0.5, 0.6) is 0 Å². The van der Waals surface area contributed by atoms with Crippen LogP contribution in [0.3, 0.4) is 0 Å². The van der Waals surface area contributed by atoms with Crippen LogP contribution in [0.2, 0.25) is 0 Å². The van der Waals surface area contributed by atoms with Crippen molar-refractivity contribution in [3.05, 3.63) is 0 Å². The molecule has 1 aliphatic rings. The van der Waals surface area contributed by atoms with E-state index in [0.29, 0.717) is 13.1 Å². The summed E-state index contributed by atoms with van der Waals surface area (Å²) in [7, 11) is 0. The predicted octanol–water partition coefficient (Wildman–Crippen LogP) is -0.383. The van der Waals surface area contributed by atoms with Crippen LogP contribution in [0.1, 0.15) is 33.6 Å². The number of carbonyl (C=O) groups is 1. The molecule has 0 aromatic heterocycles. The maximum atomic E-state index is 11.8. The highest BCUT2D eigenvalue weighted by Gasteiger charge is 2.37. The minimum Gasteiger partial charge on any atom is -0.394 e. The van der Waals surface area contributed by atoms with Crippen LogP contribution in [0.4, 0.5) is 0 Å². The number of ether oxygens (including phenoxy) is 1. The number of carbonyl (C=O) groups excluding carboxylic acids is 1. The highest BCUT2D eigenvalue weighted by molar-refractivity contribution is 5.81. The van der Waals surface area contributed by atoms with Crippen molar-refractivity contribution in [1.29, 1.82) is 0 Å². The zero-order valence-electron chi connectivity index (χ0n) is 11.5. The summed E-state index contributed by atoms with van der Waals surface area (Å²) in [6.07, 6.45) is 1.40. The Morgan fingerprint density at radius 3 is 2.83 bits per heavy atom. The molecule has 0 spiro atoms. The van der Waals surface area contributed by atoms with Crippen molar-refractivity contribution in [2.75, 3.05) is 19.7 Å². The van der Waals surface area contributed by atoms with E-state index in [-0.39, 0.29) is 30.3 Å². The second-order valence-electron chi connectivity index (χ2n) is 5.42. The number of amides is 1. The Balaban J connectivity index is 2.79. The van der Waals surface area contributed by atoms with Gasteiger partial charge in [-0.3, -0.25) is 15.1 Å². The molecule has 1 fully saturated rings. The largest absolute Gasteiger partial charge is 0.394 e. The zero-order chi connectivity index (χ0) is 13.8. The Kier molecular flexibility index (Phi) is 5.52. The maximum Gasteiger partial charge on any atom is 0.251 e. The van der Waals surface area contributed by atoms with Gasteiger partial charge in [0.25, 0.3) is 5.91 Å². The van der Waals surface area contributed by atoms with Gasteiger partial charge in [0.2, 0.25) is 0 Å². The first kappa shape index (κ1) is 15.4. The summed E-state index contributed by atoms with van der Waals surface area (Å²) in [6.45, 7) is 7.13. The van der Waals surface area contributed by atoms with Gasteiger partial charge < -0.3 is 9.84 Å². The first-order valence-corrected chi connectivity index (χ1v) is 6.46. The molecule has 1 aliphatic heterocycles. The average molecular weight is 259 g/mol. The zero-order valence-corrected chi connectivity index (χ0v) is 11.5. The van der Waals surface area contributed by atoms with Crippen LogP contribution < -0.4 is 11.3 Å². The number of hydrogen-bond acceptors (Lipinski definition) is 5. The smallest absolute Gasteiger partial charge is 0.251 e. The third-order valence-electron chi connectivity index (χ3n) is 3.16. The Bertz CT molecular complexity index is 284. The molecule has 18 heavy (non-hydrogen) atoms. The van der Waals surface area contributed by atoms with Crippen LogP contribution >= 0.6 is 0 Å². The number of rotatable bonds is 5. The molecule has 106 valence electrons. The topological polar surface area (TPSA) is 87.8 Å². The third-order valence-corrected chi connectivity index (χ3v) is 3.16. The third kappa shape index (κ3) is 3.91. The number of hydrogen-bond donors (Lipinski definition) is 3. The monoisotopic (exact) mass is 259 g/mol. The van der Waals surface area contributed by atoms with E-state index in [0.717, 1.165) is 12.8 Å². The molecule has 2 atom stereocenters. The molecule has 0 aliphatic carbocycles. The summed E-state index contributed by atoms with van der Waals surface area (Å²) in [5, 5.41) is 9.27. The molecule has 1 amide bonds. The lowest BCUT2D eigenvalue weighted by atomic mass is 10.0. The van der Waals surface area contributed by atoms with Crippen LogP contribution in [0.25, 0.3) is 0 Å². The molecule has 0 aromatic carbocycles. The van der Waals surface area contributed by atoms with Crippen molar-refractivity contribution >= 4 is 5.91 Å². The lowest BCUT2D eigenvalue weighted by molar-refractivity contribution is -0.162. The molecule has 1 rings (SSSR count). The van der Waals surface area contributed by atoms with Crippen molar-refractivity contribution in [2.45, 2.75) is 51.4 Å². The number of nitrogens with zero attached hydrogens (tertiary/aromatic N) is 1. The molecule has 2 unspecified atom stereocenters. The first-order valence-electron chi connectivity index (χ1n) is 6.46. The van der Waals surface area contributed by atoms with Gasteiger partial charge in [-0.25, -0.2) is 5.84 Å². The Labute approximate surface area is 108 Å². The maximum absolute atomic E-state index is 11.8. The Hall–Kier alpha value is -0.690. The van der Waals surface area contributed by atoms with Gasteiger partial charge in [-0.15, -0.1) is 0 Å². The fourth-order valence-electron chi connectivity index (χ4n) is 2.52. The minimum absolute atomic E-state index is 0.0387. The molecular formula is C12H25N3O3. The molecule has 0 bridgehead atoms. The first-order chi connectivity index (χ1) is 8.43. The van der Waals surface area contributed by atoms with E-state index in [4.69, 9.17) is 10.6 Å². The summed E-state index contributed by atoms with van der Waals surface area (Å²) < 4.78 is 5.74. The lowest BCUT2D eigenvalue weighted by Gasteiger charge is -2.44. The second kappa shape index (κ2) is 6.47. The molecule has 0 aromatic rings. The number of aliphatic hydroxyl groups excluding tert-OH is 1. The van der Waals surface area contributed by atoms with E-state index in [1.54, 1.807) is 0 Å². The molecule has 0 saturated carbocycles. The standard InChI is InChI=1S/C12H25N3O3/c1-4-5-10(11(17)14-13)15-6-9(7-16)18-12(2,3)8-15/h9-10,16H,4-8,13H2,1-3H3,(H,14,17). The van der Waals surface area contributed by atoms with E-state index in [9.17, 15) is 9.90 Å². The minimum atomic E-state index is -0.369. The average Bonchev–Trinajstić information content (AvgIpc) is 2.32. The van der Waals surface area contributed by atoms with Gasteiger partial charge in [-0.05, 0) is 20.3 Å². The highest BCUT2D eigenvalue weighted by atomic mass is 16.5. The van der Waals surface area contributed by atoms with Crippen LogP contribution in [0.15, 0.2) is 0 Å². The van der Waals surface area contributed by atoms with E-state index < -0.39 is 0 Å². The normalized spacial score (nSPS) is 25.7. The molecule has 6 heteroatoms. The van der Waals surface area contributed by atoms with Gasteiger partial charge in [0.1, 0.15) is 0 Å². The van der Waals surface area contributed by atoms with Gasteiger partial charge >= 0.3 is 0 Å². The fourth-order valence-corrected chi connectivity index (χ4v) is 2.52. The number of aliphatic hydroxyl groups is 1. The van der Waals surface area contributed by atoms with Gasteiger partial charge in [0.15, 0.2) is 0 Å². The Morgan fingerprint density at radius 1 is 1.67 bits per heavy atom. The van der Waals surface area contributed by atoms with Crippen molar-refractivity contribution in [3.8, 4) is 0 Å². The Morgan fingerprint density at radius 2 is 2.33 bits per heavy atom. The molecule has 4 N–H and O–H groups in total. The fraction of sp³-hybridized carbons (Fsp3) is 0.917. The quantitative estimate of drug-likeness (QED) is 0.356. The van der Waals surface area contributed by atoms with Gasteiger partial charge in [0, 0.05) is 13.1 Å². The van der Waals surface area contributed by atoms with Crippen LogP contribution in [0, 0.1) is 0 Å².